The van der Waals surface area contributed by atoms with Crippen LogP contribution >= 0.6 is 0 Å². The third kappa shape index (κ3) is 2.66. The first-order valence-corrected chi connectivity index (χ1v) is 5.35. The Hall–Kier alpha value is -0.120. The van der Waals surface area contributed by atoms with Crippen molar-refractivity contribution < 1.29 is 5.11 Å². The van der Waals surface area contributed by atoms with Crippen molar-refractivity contribution in [3.05, 3.63) is 0 Å². The highest BCUT2D eigenvalue weighted by Crippen LogP contribution is 2.33. The molecule has 0 spiro atoms. The molecule has 0 aromatic carbocycles. The van der Waals surface area contributed by atoms with Crippen LogP contribution in [0, 0.1) is 5.92 Å². The lowest BCUT2D eigenvalue weighted by molar-refractivity contribution is 0.107. The predicted octanol–water partition coefficient (Wildman–Crippen LogP) is 0.426. The molecule has 13 heavy (non-hydrogen) atoms. The summed E-state index contributed by atoms with van der Waals surface area (Å²) in [7, 11) is 0. The van der Waals surface area contributed by atoms with Gasteiger partial charge in [0.25, 0.3) is 0 Å². The topological polar surface area (TPSA) is 49.5 Å². The minimum Gasteiger partial charge on any atom is -0.395 e. The lowest BCUT2D eigenvalue weighted by Crippen LogP contribution is -2.51. The summed E-state index contributed by atoms with van der Waals surface area (Å²) < 4.78 is 0. The summed E-state index contributed by atoms with van der Waals surface area (Å²) in [4.78, 5) is 2.25. The van der Waals surface area contributed by atoms with Crippen molar-refractivity contribution in [2.75, 3.05) is 19.7 Å². The van der Waals surface area contributed by atoms with Crippen molar-refractivity contribution in [1.29, 1.82) is 0 Å². The zero-order valence-electron chi connectivity index (χ0n) is 8.74. The monoisotopic (exact) mass is 186 g/mol. The van der Waals surface area contributed by atoms with Gasteiger partial charge in [-0.1, -0.05) is 13.8 Å². The summed E-state index contributed by atoms with van der Waals surface area (Å²) in [6.07, 6.45) is 2.50. The average molecular weight is 186 g/mol. The molecule has 2 unspecified atom stereocenters. The molecule has 78 valence electrons. The molecule has 1 rings (SSSR count). The van der Waals surface area contributed by atoms with Gasteiger partial charge in [-0.2, -0.15) is 0 Å². The molecule has 1 aliphatic rings. The van der Waals surface area contributed by atoms with Crippen molar-refractivity contribution in [3.63, 3.8) is 0 Å². The minimum atomic E-state index is 0.169. The zero-order valence-corrected chi connectivity index (χ0v) is 8.74. The van der Waals surface area contributed by atoms with Gasteiger partial charge in [-0.05, 0) is 31.8 Å². The molecule has 0 aromatic heterocycles. The van der Waals surface area contributed by atoms with E-state index in [2.05, 4.69) is 18.7 Å². The first-order valence-electron chi connectivity index (χ1n) is 5.35. The van der Waals surface area contributed by atoms with Crippen LogP contribution in [0.25, 0.3) is 0 Å². The van der Waals surface area contributed by atoms with Crippen molar-refractivity contribution in [3.8, 4) is 0 Å². The molecular formula is C10H22N2O. The molecule has 3 heteroatoms. The van der Waals surface area contributed by atoms with Crippen LogP contribution in [0.4, 0.5) is 0 Å². The van der Waals surface area contributed by atoms with E-state index in [9.17, 15) is 5.11 Å². The molecule has 1 aliphatic carbocycles. The number of nitrogens with zero attached hydrogens (tertiary/aromatic N) is 1. The molecular weight excluding hydrogens is 164 g/mol. The van der Waals surface area contributed by atoms with Gasteiger partial charge in [-0.3, -0.25) is 4.90 Å². The molecule has 1 fully saturated rings. The maximum Gasteiger partial charge on any atom is 0.0602 e. The van der Waals surface area contributed by atoms with Crippen LogP contribution in [0.15, 0.2) is 0 Å². The lowest BCUT2D eigenvalue weighted by atomic mass is 10.0. The number of hydrogen-bond donors (Lipinski definition) is 2. The van der Waals surface area contributed by atoms with Crippen LogP contribution in [0.2, 0.25) is 0 Å². The van der Waals surface area contributed by atoms with E-state index in [0.717, 1.165) is 13.1 Å². The van der Waals surface area contributed by atoms with Crippen LogP contribution in [0.5, 0.6) is 0 Å². The average Bonchev–Trinajstić information content (AvgIpc) is 2.96. The van der Waals surface area contributed by atoms with Crippen LogP contribution in [0.1, 0.15) is 26.7 Å². The summed E-state index contributed by atoms with van der Waals surface area (Å²) in [6.45, 7) is 6.38. The fraction of sp³-hybridized carbons (Fsp3) is 1.00. The smallest absolute Gasteiger partial charge is 0.0602 e. The maximum atomic E-state index is 9.28. The molecule has 0 saturated heterocycles. The van der Waals surface area contributed by atoms with Gasteiger partial charge in [0.05, 0.1) is 6.61 Å². The first-order chi connectivity index (χ1) is 6.24. The Morgan fingerprint density at radius 3 is 2.23 bits per heavy atom. The summed E-state index contributed by atoms with van der Waals surface area (Å²) in [5.41, 5.74) is 6.08. The Morgan fingerprint density at radius 1 is 1.38 bits per heavy atom. The molecule has 3 nitrogen and oxygen atoms in total. The summed E-state index contributed by atoms with van der Waals surface area (Å²) in [5, 5.41) is 9.28. The largest absolute Gasteiger partial charge is 0.395 e. The number of likely N-dealkylation sites (N-methyl/N-ethyl adjacent to an activating group) is 1. The van der Waals surface area contributed by atoms with Gasteiger partial charge in [-0.15, -0.1) is 0 Å². The van der Waals surface area contributed by atoms with E-state index in [1.807, 2.05) is 0 Å². The van der Waals surface area contributed by atoms with E-state index >= 15 is 0 Å². The van der Waals surface area contributed by atoms with E-state index in [1.165, 1.54) is 12.8 Å². The van der Waals surface area contributed by atoms with E-state index < -0.39 is 0 Å². The van der Waals surface area contributed by atoms with Crippen LogP contribution < -0.4 is 5.73 Å². The second-order valence-corrected chi connectivity index (χ2v) is 3.89. The number of hydrogen-bond acceptors (Lipinski definition) is 3. The van der Waals surface area contributed by atoms with Gasteiger partial charge in [0.2, 0.25) is 0 Å². The van der Waals surface area contributed by atoms with Crippen molar-refractivity contribution >= 4 is 0 Å². The van der Waals surface area contributed by atoms with E-state index in [4.69, 9.17) is 5.73 Å². The SMILES string of the molecule is CCN(CC)C(CO)C(N)C1CC1. The number of aliphatic hydroxyl groups is 1. The predicted molar refractivity (Wildman–Crippen MR) is 54.5 cm³/mol. The lowest BCUT2D eigenvalue weighted by Gasteiger charge is -2.32. The Kier molecular flexibility index (Phi) is 4.16. The second-order valence-electron chi connectivity index (χ2n) is 3.89. The summed E-state index contributed by atoms with van der Waals surface area (Å²) >= 11 is 0. The first kappa shape index (κ1) is 11.0. The summed E-state index contributed by atoms with van der Waals surface area (Å²) in [5.74, 6) is 0.665. The third-order valence-corrected chi connectivity index (χ3v) is 3.08. The van der Waals surface area contributed by atoms with Gasteiger partial charge in [-0.25, -0.2) is 0 Å². The van der Waals surface area contributed by atoms with Crippen LogP contribution in [-0.2, 0) is 0 Å². The highest BCUT2D eigenvalue weighted by Gasteiger charge is 2.35. The second kappa shape index (κ2) is 4.94. The highest BCUT2D eigenvalue weighted by atomic mass is 16.3. The molecule has 0 aromatic rings. The fourth-order valence-corrected chi connectivity index (χ4v) is 1.97. The van der Waals surface area contributed by atoms with Gasteiger partial charge in [0.15, 0.2) is 0 Å². The Labute approximate surface area is 80.9 Å². The van der Waals surface area contributed by atoms with Crippen molar-refractivity contribution in [2.45, 2.75) is 38.8 Å². The van der Waals surface area contributed by atoms with Crippen LogP contribution in [0.3, 0.4) is 0 Å². The van der Waals surface area contributed by atoms with Gasteiger partial charge >= 0.3 is 0 Å². The minimum absolute atomic E-state index is 0.169. The van der Waals surface area contributed by atoms with E-state index in [-0.39, 0.29) is 18.7 Å². The summed E-state index contributed by atoms with van der Waals surface area (Å²) in [6, 6.07) is 0.340. The third-order valence-electron chi connectivity index (χ3n) is 3.08. The number of aliphatic hydroxyl groups excluding tert-OH is 1. The Morgan fingerprint density at radius 2 is 1.92 bits per heavy atom. The highest BCUT2D eigenvalue weighted by molar-refractivity contribution is 4.92. The number of rotatable bonds is 6. The van der Waals surface area contributed by atoms with E-state index in [0.29, 0.717) is 5.92 Å². The van der Waals surface area contributed by atoms with Crippen LogP contribution in [-0.4, -0.2) is 41.8 Å². The standard InChI is InChI=1S/C10H22N2O/c1-3-12(4-2)9(7-13)10(11)8-5-6-8/h8-10,13H,3-7,11H2,1-2H3. The molecule has 0 bridgehead atoms. The molecule has 3 N–H and O–H groups in total. The molecule has 0 aliphatic heterocycles. The Bertz CT molecular complexity index is 142. The quantitative estimate of drug-likeness (QED) is 0.632. The Balaban J connectivity index is 2.47. The van der Waals surface area contributed by atoms with E-state index in [1.54, 1.807) is 0 Å². The molecule has 0 amide bonds. The molecule has 0 radical (unpaired) electrons. The van der Waals surface area contributed by atoms with Gasteiger partial charge < -0.3 is 10.8 Å². The molecule has 2 atom stereocenters. The molecule has 1 saturated carbocycles. The maximum absolute atomic E-state index is 9.28. The van der Waals surface area contributed by atoms with Crippen molar-refractivity contribution in [2.24, 2.45) is 11.7 Å². The molecule has 0 heterocycles. The van der Waals surface area contributed by atoms with Crippen molar-refractivity contribution in [1.82, 2.24) is 4.90 Å². The van der Waals surface area contributed by atoms with Gasteiger partial charge in [0, 0.05) is 12.1 Å². The fourth-order valence-electron chi connectivity index (χ4n) is 1.97. The zero-order chi connectivity index (χ0) is 9.84. The number of nitrogens with two attached hydrogens (primary N) is 1. The van der Waals surface area contributed by atoms with Gasteiger partial charge in [0.1, 0.15) is 0 Å². The normalized spacial score (nSPS) is 21.9.